The molecule has 0 spiro atoms. The molecule has 1 N–H and O–H groups in total. The molecule has 0 fully saturated rings. The molecule has 3 aromatic rings. The predicted molar refractivity (Wildman–Crippen MR) is 95.2 cm³/mol. The molecule has 2 aromatic carbocycles. The average Bonchev–Trinajstić information content (AvgIpc) is 3.11. The van der Waals surface area contributed by atoms with Crippen LogP contribution in [0.3, 0.4) is 0 Å². The first-order valence-corrected chi connectivity index (χ1v) is 8.46. The lowest BCUT2D eigenvalue weighted by Gasteiger charge is -2.31. The highest BCUT2D eigenvalue weighted by Crippen LogP contribution is 2.26. The number of hydrogen-bond donors (Lipinski definition) is 1. The van der Waals surface area contributed by atoms with Crippen LogP contribution in [0.5, 0.6) is 0 Å². The van der Waals surface area contributed by atoms with Gasteiger partial charge in [-0.2, -0.15) is 4.98 Å². The van der Waals surface area contributed by atoms with Crippen LogP contribution in [-0.2, 0) is 6.42 Å². The van der Waals surface area contributed by atoms with Crippen LogP contribution in [0.2, 0.25) is 0 Å². The fourth-order valence-electron chi connectivity index (χ4n) is 3.19. The number of aromatic nitrogens is 2. The second-order valence-electron chi connectivity index (χ2n) is 6.05. The van der Waals surface area contributed by atoms with Gasteiger partial charge in [0.15, 0.2) is 0 Å². The van der Waals surface area contributed by atoms with Gasteiger partial charge in [-0.3, -0.25) is 0 Å². The largest absolute Gasteiger partial charge is 0.370 e. The summed E-state index contributed by atoms with van der Waals surface area (Å²) in [6.07, 6.45) is 2.30. The van der Waals surface area contributed by atoms with E-state index in [0.29, 0.717) is 18.1 Å². The van der Waals surface area contributed by atoms with E-state index >= 15 is 0 Å². The number of anilines is 2. The Bertz CT molecular complexity index is 864. The van der Waals surface area contributed by atoms with Crippen molar-refractivity contribution in [3.8, 4) is 11.4 Å². The van der Waals surface area contributed by atoms with Crippen LogP contribution in [0.4, 0.5) is 16.1 Å². The van der Waals surface area contributed by atoms with E-state index in [-0.39, 0.29) is 11.6 Å². The van der Waals surface area contributed by atoms with Crippen molar-refractivity contribution in [1.82, 2.24) is 10.1 Å². The highest BCUT2D eigenvalue weighted by atomic mass is 19.1. The van der Waals surface area contributed by atoms with Crippen LogP contribution in [0, 0.1) is 5.82 Å². The maximum absolute atomic E-state index is 13.8. The number of rotatable bonds is 5. The summed E-state index contributed by atoms with van der Waals surface area (Å²) in [5.41, 5.74) is 3.03. The summed E-state index contributed by atoms with van der Waals surface area (Å²) in [5.74, 6) is -0.108. The number of fused-ring (bicyclic) bond motifs is 1. The highest BCUT2D eigenvalue weighted by molar-refractivity contribution is 5.57. The molecular formula is C19H19FN4O. The summed E-state index contributed by atoms with van der Waals surface area (Å²) < 4.78 is 18.9. The van der Waals surface area contributed by atoms with Gasteiger partial charge < -0.3 is 14.7 Å². The average molecular weight is 338 g/mol. The van der Waals surface area contributed by atoms with E-state index < -0.39 is 0 Å². The van der Waals surface area contributed by atoms with Gasteiger partial charge in [0.25, 0.3) is 0 Å². The van der Waals surface area contributed by atoms with Gasteiger partial charge in [-0.15, -0.1) is 0 Å². The molecule has 0 bridgehead atoms. The van der Waals surface area contributed by atoms with E-state index in [1.807, 2.05) is 0 Å². The molecule has 1 aliphatic heterocycles. The first kappa shape index (κ1) is 15.6. The van der Waals surface area contributed by atoms with Crippen LogP contribution in [-0.4, -0.2) is 29.8 Å². The molecule has 0 amide bonds. The normalized spacial score (nSPS) is 13.6. The minimum Gasteiger partial charge on any atom is -0.370 e. The Balaban J connectivity index is 1.38. The smallest absolute Gasteiger partial charge is 0.321 e. The summed E-state index contributed by atoms with van der Waals surface area (Å²) in [4.78, 5) is 6.58. The molecule has 5 nitrogen and oxygen atoms in total. The lowest BCUT2D eigenvalue weighted by Crippen LogP contribution is -2.33. The van der Waals surface area contributed by atoms with Crippen molar-refractivity contribution in [2.45, 2.75) is 12.8 Å². The molecule has 1 aliphatic rings. The minimum absolute atomic E-state index is 0.254. The molecule has 4 rings (SSSR count). The van der Waals surface area contributed by atoms with Crippen LogP contribution >= 0.6 is 0 Å². The van der Waals surface area contributed by atoms with Gasteiger partial charge >= 0.3 is 6.01 Å². The molecule has 0 unspecified atom stereocenters. The second kappa shape index (κ2) is 6.93. The molecule has 25 heavy (non-hydrogen) atoms. The minimum atomic E-state index is -0.361. The summed E-state index contributed by atoms with van der Waals surface area (Å²) in [6, 6.07) is 15.2. The fraction of sp³-hybridized carbons (Fsp3) is 0.263. The van der Waals surface area contributed by atoms with Gasteiger partial charge in [0, 0.05) is 25.3 Å². The second-order valence-corrected chi connectivity index (χ2v) is 6.05. The molecule has 0 radical (unpaired) electrons. The van der Waals surface area contributed by atoms with Crippen molar-refractivity contribution in [1.29, 1.82) is 0 Å². The van der Waals surface area contributed by atoms with Crippen molar-refractivity contribution in [2.75, 3.05) is 29.9 Å². The summed E-state index contributed by atoms with van der Waals surface area (Å²) in [5, 5.41) is 6.97. The molecule has 6 heteroatoms. The van der Waals surface area contributed by atoms with E-state index in [4.69, 9.17) is 4.52 Å². The molecule has 1 aromatic heterocycles. The van der Waals surface area contributed by atoms with Crippen molar-refractivity contribution in [2.24, 2.45) is 0 Å². The van der Waals surface area contributed by atoms with E-state index in [2.05, 4.69) is 44.6 Å². The number of aryl methyl sites for hydroxylation is 1. The first-order valence-electron chi connectivity index (χ1n) is 8.46. The summed E-state index contributed by atoms with van der Waals surface area (Å²) >= 11 is 0. The zero-order valence-corrected chi connectivity index (χ0v) is 13.8. The monoisotopic (exact) mass is 338 g/mol. The number of para-hydroxylation sites is 1. The number of halogens is 1. The van der Waals surface area contributed by atoms with Crippen LogP contribution in [0.1, 0.15) is 12.0 Å². The summed E-state index contributed by atoms with van der Waals surface area (Å²) in [7, 11) is 0. The van der Waals surface area contributed by atoms with Crippen LogP contribution < -0.4 is 10.2 Å². The Kier molecular flexibility index (Phi) is 4.33. The van der Waals surface area contributed by atoms with E-state index in [9.17, 15) is 4.39 Å². The van der Waals surface area contributed by atoms with E-state index in [1.54, 1.807) is 18.2 Å². The Labute approximate surface area is 145 Å². The topological polar surface area (TPSA) is 54.2 Å². The van der Waals surface area contributed by atoms with E-state index in [0.717, 1.165) is 25.9 Å². The molecular weight excluding hydrogens is 319 g/mol. The fourth-order valence-corrected chi connectivity index (χ4v) is 3.19. The molecule has 2 heterocycles. The maximum atomic E-state index is 13.8. The van der Waals surface area contributed by atoms with E-state index in [1.165, 1.54) is 17.3 Å². The standard InChI is InChI=1S/C19H19FN4O/c20-16-9-3-2-8-15(16)18-22-19(25-23-18)21-11-13-24-12-5-7-14-6-1-4-10-17(14)24/h1-4,6,8-10H,5,7,11-13H2,(H,21,22,23). The Hall–Kier alpha value is -2.89. The summed E-state index contributed by atoms with van der Waals surface area (Å²) in [6.45, 7) is 2.56. The highest BCUT2D eigenvalue weighted by Gasteiger charge is 2.16. The predicted octanol–water partition coefficient (Wildman–Crippen LogP) is 3.74. The van der Waals surface area contributed by atoms with Gasteiger partial charge in [0.05, 0.1) is 5.56 Å². The zero-order chi connectivity index (χ0) is 17.1. The Morgan fingerprint density at radius 3 is 2.88 bits per heavy atom. The van der Waals surface area contributed by atoms with Crippen molar-refractivity contribution in [3.63, 3.8) is 0 Å². The molecule has 0 aliphatic carbocycles. The lowest BCUT2D eigenvalue weighted by molar-refractivity contribution is 0.431. The van der Waals surface area contributed by atoms with Gasteiger partial charge in [0.2, 0.25) is 5.82 Å². The third kappa shape index (κ3) is 3.33. The number of hydrogen-bond acceptors (Lipinski definition) is 5. The van der Waals surface area contributed by atoms with Crippen LogP contribution in [0.15, 0.2) is 53.1 Å². The van der Waals surface area contributed by atoms with Crippen molar-refractivity contribution >= 4 is 11.7 Å². The van der Waals surface area contributed by atoms with Gasteiger partial charge in [-0.25, -0.2) is 4.39 Å². The maximum Gasteiger partial charge on any atom is 0.321 e. The van der Waals surface area contributed by atoms with Gasteiger partial charge in [-0.1, -0.05) is 35.5 Å². The number of benzene rings is 2. The zero-order valence-electron chi connectivity index (χ0n) is 13.8. The lowest BCUT2D eigenvalue weighted by atomic mass is 10.0. The first-order chi connectivity index (χ1) is 12.3. The quantitative estimate of drug-likeness (QED) is 0.768. The van der Waals surface area contributed by atoms with Gasteiger partial charge in [-0.05, 0) is 36.6 Å². The molecule has 0 saturated heterocycles. The Morgan fingerprint density at radius 1 is 1.12 bits per heavy atom. The van der Waals surface area contributed by atoms with Crippen molar-refractivity contribution < 1.29 is 8.91 Å². The molecule has 128 valence electrons. The third-order valence-corrected chi connectivity index (χ3v) is 4.41. The van der Waals surface area contributed by atoms with Crippen molar-refractivity contribution in [3.05, 3.63) is 59.9 Å². The number of nitrogens with zero attached hydrogens (tertiary/aromatic N) is 3. The third-order valence-electron chi connectivity index (χ3n) is 4.41. The molecule has 0 saturated carbocycles. The molecule has 0 atom stereocenters. The SMILES string of the molecule is Fc1ccccc1-c1noc(NCCN2CCCc3ccccc32)n1. The van der Waals surface area contributed by atoms with Gasteiger partial charge in [0.1, 0.15) is 5.82 Å². The number of nitrogens with one attached hydrogen (secondary N) is 1. The Morgan fingerprint density at radius 2 is 1.96 bits per heavy atom. The van der Waals surface area contributed by atoms with Crippen LogP contribution in [0.25, 0.3) is 11.4 Å².